The third kappa shape index (κ3) is 4.06. The maximum atomic E-state index is 12.6. The van der Waals surface area contributed by atoms with Crippen LogP contribution >= 0.6 is 0 Å². The number of rotatable bonds is 5. The largest absolute Gasteiger partial charge is 0.377 e. The lowest BCUT2D eigenvalue weighted by Crippen LogP contribution is -2.19. The van der Waals surface area contributed by atoms with Crippen LogP contribution in [0.4, 0.5) is 5.82 Å². The van der Waals surface area contributed by atoms with E-state index < -0.39 is 0 Å². The first-order valence-electron chi connectivity index (χ1n) is 10.0. The first kappa shape index (κ1) is 19.1. The van der Waals surface area contributed by atoms with E-state index in [2.05, 4.69) is 31.3 Å². The molecule has 4 aromatic rings. The number of amides is 1. The van der Waals surface area contributed by atoms with Crippen molar-refractivity contribution in [3.05, 3.63) is 73.1 Å². The first-order valence-corrected chi connectivity index (χ1v) is 10.0. The first-order chi connectivity index (χ1) is 15.3. The second-order valence-electron chi connectivity index (χ2n) is 7.16. The predicted molar refractivity (Wildman–Crippen MR) is 117 cm³/mol. The SMILES string of the molecule is O=C(Cn1ccc2c(C3=CCOCC3)ccnc21)Nc1ccc(-c2cnccn2)cn1. The molecular formula is C23H20N6O2. The van der Waals surface area contributed by atoms with E-state index in [0.717, 1.165) is 40.9 Å². The van der Waals surface area contributed by atoms with Gasteiger partial charge in [-0.15, -0.1) is 0 Å². The second kappa shape index (κ2) is 8.45. The van der Waals surface area contributed by atoms with Gasteiger partial charge in [0, 0.05) is 41.9 Å². The maximum absolute atomic E-state index is 12.6. The minimum atomic E-state index is -0.172. The van der Waals surface area contributed by atoms with Crippen molar-refractivity contribution in [2.45, 2.75) is 13.0 Å². The van der Waals surface area contributed by atoms with Gasteiger partial charge in [0.1, 0.15) is 18.0 Å². The van der Waals surface area contributed by atoms with Crippen molar-refractivity contribution in [1.29, 1.82) is 0 Å². The van der Waals surface area contributed by atoms with Crippen molar-refractivity contribution in [2.24, 2.45) is 0 Å². The van der Waals surface area contributed by atoms with Gasteiger partial charge in [-0.2, -0.15) is 0 Å². The van der Waals surface area contributed by atoms with Crippen molar-refractivity contribution in [3.63, 3.8) is 0 Å². The normalized spacial score (nSPS) is 13.7. The Kier molecular flexibility index (Phi) is 5.20. The zero-order valence-corrected chi connectivity index (χ0v) is 16.7. The van der Waals surface area contributed by atoms with Gasteiger partial charge in [0.05, 0.1) is 25.1 Å². The number of nitrogens with one attached hydrogen (secondary N) is 1. The Balaban J connectivity index is 1.31. The Morgan fingerprint density at radius 3 is 2.81 bits per heavy atom. The third-order valence-electron chi connectivity index (χ3n) is 5.18. The summed E-state index contributed by atoms with van der Waals surface area (Å²) in [5.41, 5.74) is 4.75. The highest BCUT2D eigenvalue weighted by Crippen LogP contribution is 2.28. The van der Waals surface area contributed by atoms with Crippen LogP contribution in [0.1, 0.15) is 12.0 Å². The van der Waals surface area contributed by atoms with Crippen LogP contribution < -0.4 is 5.32 Å². The van der Waals surface area contributed by atoms with E-state index in [1.165, 1.54) is 5.57 Å². The molecule has 1 aliphatic rings. The molecule has 0 fully saturated rings. The number of fused-ring (bicyclic) bond motifs is 1. The summed E-state index contributed by atoms with van der Waals surface area (Å²) >= 11 is 0. The lowest BCUT2D eigenvalue weighted by Gasteiger charge is -2.14. The van der Waals surface area contributed by atoms with Crippen LogP contribution in [-0.4, -0.2) is 43.6 Å². The summed E-state index contributed by atoms with van der Waals surface area (Å²) in [5, 5.41) is 3.88. The number of carbonyl (C=O) groups is 1. The minimum Gasteiger partial charge on any atom is -0.377 e. The monoisotopic (exact) mass is 412 g/mol. The topological polar surface area (TPSA) is 94.8 Å². The van der Waals surface area contributed by atoms with Crippen molar-refractivity contribution < 1.29 is 9.53 Å². The molecule has 31 heavy (non-hydrogen) atoms. The molecule has 154 valence electrons. The number of hydrogen-bond acceptors (Lipinski definition) is 6. The van der Waals surface area contributed by atoms with Gasteiger partial charge in [0.25, 0.3) is 0 Å². The predicted octanol–water partition coefficient (Wildman–Crippen LogP) is 3.33. The number of hydrogen-bond donors (Lipinski definition) is 1. The molecular weight excluding hydrogens is 392 g/mol. The van der Waals surface area contributed by atoms with Gasteiger partial charge < -0.3 is 14.6 Å². The molecule has 1 aliphatic heterocycles. The lowest BCUT2D eigenvalue weighted by atomic mass is 10.00. The highest BCUT2D eigenvalue weighted by molar-refractivity contribution is 5.93. The second-order valence-corrected chi connectivity index (χ2v) is 7.16. The Labute approximate surface area is 178 Å². The summed E-state index contributed by atoms with van der Waals surface area (Å²) in [6.45, 7) is 1.50. The van der Waals surface area contributed by atoms with E-state index in [9.17, 15) is 4.79 Å². The minimum absolute atomic E-state index is 0.149. The van der Waals surface area contributed by atoms with E-state index in [-0.39, 0.29) is 12.5 Å². The summed E-state index contributed by atoms with van der Waals surface area (Å²) in [7, 11) is 0. The van der Waals surface area contributed by atoms with E-state index >= 15 is 0 Å². The summed E-state index contributed by atoms with van der Waals surface area (Å²) in [6.07, 6.45) is 13.3. The average Bonchev–Trinajstić information content (AvgIpc) is 3.23. The number of anilines is 1. The number of pyridine rings is 2. The standard InChI is InChI=1S/C23H20N6O2/c30-22(28-21-2-1-17(13-27-21)20-14-24-8-9-25-20)15-29-10-4-19-18(3-7-26-23(19)29)16-5-11-31-12-6-16/h1-5,7-10,13-14H,6,11-12,15H2,(H,27,28,30). The summed E-state index contributed by atoms with van der Waals surface area (Å²) < 4.78 is 7.27. The van der Waals surface area contributed by atoms with Gasteiger partial charge in [-0.05, 0) is 41.8 Å². The van der Waals surface area contributed by atoms with Gasteiger partial charge in [-0.3, -0.25) is 14.8 Å². The highest BCUT2D eigenvalue weighted by atomic mass is 16.5. The molecule has 1 amide bonds. The molecule has 0 bridgehead atoms. The maximum Gasteiger partial charge on any atom is 0.245 e. The smallest absolute Gasteiger partial charge is 0.245 e. The van der Waals surface area contributed by atoms with Gasteiger partial charge in [0.15, 0.2) is 0 Å². The molecule has 5 heterocycles. The van der Waals surface area contributed by atoms with E-state index in [4.69, 9.17) is 4.74 Å². The van der Waals surface area contributed by atoms with Gasteiger partial charge in [0.2, 0.25) is 5.91 Å². The molecule has 5 rings (SSSR count). The molecule has 0 aliphatic carbocycles. The molecule has 0 atom stereocenters. The van der Waals surface area contributed by atoms with Crippen molar-refractivity contribution in [3.8, 4) is 11.3 Å². The van der Waals surface area contributed by atoms with Gasteiger partial charge >= 0.3 is 0 Å². The fraction of sp³-hybridized carbons (Fsp3) is 0.174. The number of nitrogens with zero attached hydrogens (tertiary/aromatic N) is 5. The molecule has 4 aromatic heterocycles. The Morgan fingerprint density at radius 2 is 2.03 bits per heavy atom. The molecule has 0 spiro atoms. The fourth-order valence-corrected chi connectivity index (χ4v) is 3.67. The van der Waals surface area contributed by atoms with Crippen LogP contribution in [0.25, 0.3) is 27.9 Å². The van der Waals surface area contributed by atoms with Crippen LogP contribution in [-0.2, 0) is 16.1 Å². The van der Waals surface area contributed by atoms with Gasteiger partial charge in [-0.25, -0.2) is 9.97 Å². The zero-order chi connectivity index (χ0) is 21.0. The molecule has 0 aromatic carbocycles. The van der Waals surface area contributed by atoms with Crippen molar-refractivity contribution in [1.82, 2.24) is 24.5 Å². The summed E-state index contributed by atoms with van der Waals surface area (Å²) in [6, 6.07) is 7.64. The lowest BCUT2D eigenvalue weighted by molar-refractivity contribution is -0.116. The molecule has 0 radical (unpaired) electrons. The number of ether oxygens (including phenoxy) is 1. The van der Waals surface area contributed by atoms with Crippen LogP contribution in [0.15, 0.2) is 67.5 Å². The summed E-state index contributed by atoms with van der Waals surface area (Å²) in [4.78, 5) is 29.7. The molecule has 8 heteroatoms. The van der Waals surface area contributed by atoms with Crippen LogP contribution in [0.5, 0.6) is 0 Å². The summed E-state index contributed by atoms with van der Waals surface area (Å²) in [5.74, 6) is 0.310. The highest BCUT2D eigenvalue weighted by Gasteiger charge is 2.14. The average molecular weight is 412 g/mol. The van der Waals surface area contributed by atoms with Crippen LogP contribution in [0.2, 0.25) is 0 Å². The molecule has 0 saturated heterocycles. The van der Waals surface area contributed by atoms with E-state index in [1.54, 1.807) is 37.1 Å². The third-order valence-corrected chi connectivity index (χ3v) is 5.18. The molecule has 0 unspecified atom stereocenters. The van der Waals surface area contributed by atoms with Gasteiger partial charge in [-0.1, -0.05) is 6.08 Å². The van der Waals surface area contributed by atoms with Crippen molar-refractivity contribution >= 4 is 28.3 Å². The Morgan fingerprint density at radius 1 is 1.06 bits per heavy atom. The van der Waals surface area contributed by atoms with E-state index in [1.807, 2.05) is 29.0 Å². The quantitative estimate of drug-likeness (QED) is 0.540. The molecule has 0 saturated carbocycles. The van der Waals surface area contributed by atoms with Crippen molar-refractivity contribution in [2.75, 3.05) is 18.5 Å². The van der Waals surface area contributed by atoms with Crippen LogP contribution in [0.3, 0.4) is 0 Å². The number of aromatic nitrogens is 5. The molecule has 8 nitrogen and oxygen atoms in total. The fourth-order valence-electron chi connectivity index (χ4n) is 3.67. The van der Waals surface area contributed by atoms with E-state index in [0.29, 0.717) is 12.4 Å². The number of carbonyl (C=O) groups excluding carboxylic acids is 1. The Hall–Kier alpha value is -3.91. The Bertz CT molecular complexity index is 1250. The van der Waals surface area contributed by atoms with Crippen LogP contribution in [0, 0.1) is 0 Å². The molecule has 1 N–H and O–H groups in total. The zero-order valence-electron chi connectivity index (χ0n) is 16.7.